The van der Waals surface area contributed by atoms with Gasteiger partial charge in [0.2, 0.25) is 0 Å². The van der Waals surface area contributed by atoms with Crippen LogP contribution in [0.25, 0.3) is 10.9 Å². The molecule has 1 aromatic heterocycles. The fourth-order valence-electron chi connectivity index (χ4n) is 3.21. The van der Waals surface area contributed by atoms with Gasteiger partial charge in [-0.3, -0.25) is 14.9 Å². The zero-order valence-corrected chi connectivity index (χ0v) is 16.4. The molecule has 0 spiro atoms. The summed E-state index contributed by atoms with van der Waals surface area (Å²) >= 11 is 6.00. The van der Waals surface area contributed by atoms with Gasteiger partial charge in [0.15, 0.2) is 0 Å². The number of ether oxygens (including phenoxy) is 2. The van der Waals surface area contributed by atoms with Crippen molar-refractivity contribution in [3.8, 4) is 0 Å². The lowest BCUT2D eigenvalue weighted by atomic mass is 10.0. The van der Waals surface area contributed by atoms with Crippen molar-refractivity contribution in [1.29, 1.82) is 0 Å². The molecule has 1 aromatic carbocycles. The van der Waals surface area contributed by atoms with Crippen LogP contribution in [0.4, 0.5) is 0 Å². The summed E-state index contributed by atoms with van der Waals surface area (Å²) in [5.74, 6) is -0.666. The van der Waals surface area contributed by atoms with Gasteiger partial charge in [0.05, 0.1) is 31.7 Å². The molecule has 1 saturated heterocycles. The highest BCUT2D eigenvalue weighted by atomic mass is 35.5. The van der Waals surface area contributed by atoms with E-state index in [2.05, 4.69) is 15.6 Å². The van der Waals surface area contributed by atoms with Crippen LogP contribution in [-0.2, 0) is 14.3 Å². The molecule has 1 amide bonds. The molecule has 0 saturated carbocycles. The van der Waals surface area contributed by atoms with Crippen LogP contribution in [0.5, 0.6) is 0 Å². The SMILES string of the molecule is CCOC(=O)CC(NC(=O)c1cc2cc(Cl)ccc2[nH]1)[C@@H]1COC(C)(C)N1. The lowest BCUT2D eigenvalue weighted by Crippen LogP contribution is -2.52. The van der Waals surface area contributed by atoms with Crippen molar-refractivity contribution in [2.75, 3.05) is 13.2 Å². The molecule has 3 rings (SSSR count). The minimum absolute atomic E-state index is 0.0583. The van der Waals surface area contributed by atoms with Crippen molar-refractivity contribution in [3.63, 3.8) is 0 Å². The molecule has 2 atom stereocenters. The van der Waals surface area contributed by atoms with E-state index in [0.29, 0.717) is 23.9 Å². The van der Waals surface area contributed by atoms with E-state index in [0.717, 1.165) is 10.9 Å². The monoisotopic (exact) mass is 393 g/mol. The standard InChI is InChI=1S/C19H24ClN3O4/c1-4-26-17(24)9-14(16-10-27-19(2,3)23-16)22-18(25)15-8-11-7-12(20)5-6-13(11)21-15/h5-8,14,16,21,23H,4,9-10H2,1-3H3,(H,22,25)/t14?,16-/m0/s1. The van der Waals surface area contributed by atoms with Crippen LogP contribution >= 0.6 is 11.6 Å². The summed E-state index contributed by atoms with van der Waals surface area (Å²) in [5, 5.41) is 7.67. The first-order chi connectivity index (χ1) is 12.8. The third-order valence-corrected chi connectivity index (χ3v) is 4.71. The van der Waals surface area contributed by atoms with E-state index < -0.39 is 11.8 Å². The second kappa shape index (κ2) is 7.88. The number of hydrogen-bond donors (Lipinski definition) is 3. The van der Waals surface area contributed by atoms with E-state index in [1.54, 1.807) is 25.1 Å². The Hall–Kier alpha value is -2.09. The number of halogens is 1. The van der Waals surface area contributed by atoms with Crippen LogP contribution in [0.15, 0.2) is 24.3 Å². The Morgan fingerprint density at radius 2 is 2.19 bits per heavy atom. The van der Waals surface area contributed by atoms with Crippen molar-refractivity contribution < 1.29 is 19.1 Å². The number of esters is 1. The summed E-state index contributed by atoms with van der Waals surface area (Å²) in [7, 11) is 0. The van der Waals surface area contributed by atoms with Crippen LogP contribution in [0.3, 0.4) is 0 Å². The molecule has 8 heteroatoms. The predicted molar refractivity (Wildman–Crippen MR) is 103 cm³/mol. The van der Waals surface area contributed by atoms with Gasteiger partial charge in [0.25, 0.3) is 5.91 Å². The number of aromatic amines is 1. The maximum Gasteiger partial charge on any atom is 0.307 e. The van der Waals surface area contributed by atoms with Crippen molar-refractivity contribution in [2.45, 2.75) is 45.0 Å². The van der Waals surface area contributed by atoms with Gasteiger partial charge < -0.3 is 19.8 Å². The van der Waals surface area contributed by atoms with E-state index in [4.69, 9.17) is 21.1 Å². The highest BCUT2D eigenvalue weighted by Crippen LogP contribution is 2.21. The Labute approximate surface area is 162 Å². The summed E-state index contributed by atoms with van der Waals surface area (Å²) in [6.45, 7) is 6.23. The summed E-state index contributed by atoms with van der Waals surface area (Å²) in [5.41, 5.74) is 0.703. The quantitative estimate of drug-likeness (QED) is 0.656. The number of benzene rings is 1. The number of nitrogens with one attached hydrogen (secondary N) is 3. The number of amides is 1. The average Bonchev–Trinajstić information content (AvgIpc) is 3.17. The first-order valence-corrected chi connectivity index (χ1v) is 9.31. The molecule has 1 aliphatic heterocycles. The van der Waals surface area contributed by atoms with Crippen LogP contribution in [0.2, 0.25) is 5.02 Å². The third kappa shape index (κ3) is 4.80. The first-order valence-electron chi connectivity index (χ1n) is 8.94. The molecule has 1 fully saturated rings. The highest BCUT2D eigenvalue weighted by molar-refractivity contribution is 6.31. The molecule has 0 aliphatic carbocycles. The molecule has 146 valence electrons. The van der Waals surface area contributed by atoms with Gasteiger partial charge in [-0.25, -0.2) is 0 Å². The Morgan fingerprint density at radius 3 is 2.85 bits per heavy atom. The van der Waals surface area contributed by atoms with E-state index in [1.165, 1.54) is 0 Å². The molecule has 1 unspecified atom stereocenters. The molecular formula is C19H24ClN3O4. The summed E-state index contributed by atoms with van der Waals surface area (Å²) < 4.78 is 10.7. The normalized spacial score (nSPS) is 19.8. The molecule has 2 heterocycles. The fraction of sp³-hybridized carbons (Fsp3) is 0.474. The number of carbonyl (C=O) groups excluding carboxylic acids is 2. The Kier molecular flexibility index (Phi) is 5.74. The molecule has 3 N–H and O–H groups in total. The van der Waals surface area contributed by atoms with Crippen molar-refractivity contribution in [1.82, 2.24) is 15.6 Å². The van der Waals surface area contributed by atoms with E-state index in [9.17, 15) is 9.59 Å². The Bertz CT molecular complexity index is 849. The minimum Gasteiger partial charge on any atom is -0.466 e. The van der Waals surface area contributed by atoms with Gasteiger partial charge in [-0.1, -0.05) is 11.6 Å². The molecule has 1 aliphatic rings. The summed E-state index contributed by atoms with van der Waals surface area (Å²) in [6.07, 6.45) is 0.0583. The highest BCUT2D eigenvalue weighted by Gasteiger charge is 2.37. The lowest BCUT2D eigenvalue weighted by Gasteiger charge is -2.25. The molecule has 2 aromatic rings. The number of fused-ring (bicyclic) bond motifs is 1. The van der Waals surface area contributed by atoms with E-state index in [-0.39, 0.29) is 24.3 Å². The number of carbonyl (C=O) groups is 2. The predicted octanol–water partition coefficient (Wildman–Crippen LogP) is 2.60. The number of rotatable bonds is 6. The van der Waals surface area contributed by atoms with Gasteiger partial charge in [-0.05, 0) is 45.0 Å². The van der Waals surface area contributed by atoms with Crippen LogP contribution in [-0.4, -0.2) is 47.9 Å². The van der Waals surface area contributed by atoms with Crippen molar-refractivity contribution in [2.24, 2.45) is 0 Å². The number of H-pyrrole nitrogens is 1. The Morgan fingerprint density at radius 1 is 1.41 bits per heavy atom. The largest absolute Gasteiger partial charge is 0.466 e. The summed E-state index contributed by atoms with van der Waals surface area (Å²) in [4.78, 5) is 27.8. The second-order valence-electron chi connectivity index (χ2n) is 7.08. The third-order valence-electron chi connectivity index (χ3n) is 4.48. The number of aromatic nitrogens is 1. The zero-order chi connectivity index (χ0) is 19.6. The maximum absolute atomic E-state index is 12.8. The van der Waals surface area contributed by atoms with Crippen LogP contribution < -0.4 is 10.6 Å². The lowest BCUT2D eigenvalue weighted by molar-refractivity contribution is -0.143. The second-order valence-corrected chi connectivity index (χ2v) is 7.51. The molecule has 0 bridgehead atoms. The molecule has 27 heavy (non-hydrogen) atoms. The molecule has 0 radical (unpaired) electrons. The van der Waals surface area contributed by atoms with Gasteiger partial charge in [-0.15, -0.1) is 0 Å². The average molecular weight is 394 g/mol. The maximum atomic E-state index is 12.8. The van der Waals surface area contributed by atoms with Gasteiger partial charge in [0, 0.05) is 15.9 Å². The Balaban J connectivity index is 1.77. The molecular weight excluding hydrogens is 370 g/mol. The molecule has 7 nitrogen and oxygen atoms in total. The topological polar surface area (TPSA) is 92.5 Å². The minimum atomic E-state index is -0.514. The van der Waals surface area contributed by atoms with Gasteiger partial charge in [-0.2, -0.15) is 0 Å². The van der Waals surface area contributed by atoms with E-state index >= 15 is 0 Å². The first kappa shape index (κ1) is 19.7. The van der Waals surface area contributed by atoms with Gasteiger partial charge >= 0.3 is 5.97 Å². The van der Waals surface area contributed by atoms with Crippen LogP contribution in [0.1, 0.15) is 37.7 Å². The fourth-order valence-corrected chi connectivity index (χ4v) is 3.39. The number of hydrogen-bond acceptors (Lipinski definition) is 5. The van der Waals surface area contributed by atoms with Crippen molar-refractivity contribution >= 4 is 34.4 Å². The van der Waals surface area contributed by atoms with Crippen molar-refractivity contribution in [3.05, 3.63) is 35.0 Å². The van der Waals surface area contributed by atoms with Gasteiger partial charge in [0.1, 0.15) is 11.4 Å². The smallest absolute Gasteiger partial charge is 0.307 e. The summed E-state index contributed by atoms with van der Waals surface area (Å²) in [6, 6.07) is 6.43. The van der Waals surface area contributed by atoms with Crippen LogP contribution in [0, 0.1) is 0 Å². The van der Waals surface area contributed by atoms with E-state index in [1.807, 2.05) is 19.9 Å². The zero-order valence-electron chi connectivity index (χ0n) is 15.6.